The van der Waals surface area contributed by atoms with Gasteiger partial charge in [-0.15, -0.1) is 6.42 Å². The van der Waals surface area contributed by atoms with E-state index in [9.17, 15) is 4.39 Å². The number of aromatic nitrogens is 3. The van der Waals surface area contributed by atoms with Crippen molar-refractivity contribution in [1.82, 2.24) is 15.0 Å². The number of halogens is 1. The molecule has 0 fully saturated rings. The minimum absolute atomic E-state index is 0.0620. The van der Waals surface area contributed by atoms with E-state index < -0.39 is 0 Å². The Morgan fingerprint density at radius 3 is 1.97 bits per heavy atom. The summed E-state index contributed by atoms with van der Waals surface area (Å²) >= 11 is 0. The third kappa shape index (κ3) is 5.64. The Hall–Kier alpha value is -5.22. The predicted molar refractivity (Wildman–Crippen MR) is 139 cm³/mol. The van der Waals surface area contributed by atoms with Gasteiger partial charge in [-0.3, -0.25) is 0 Å². The van der Waals surface area contributed by atoms with Gasteiger partial charge in [-0.25, -0.2) is 4.39 Å². The van der Waals surface area contributed by atoms with Gasteiger partial charge in [0, 0.05) is 16.9 Å². The van der Waals surface area contributed by atoms with Crippen molar-refractivity contribution >= 4 is 23.3 Å². The van der Waals surface area contributed by atoms with E-state index >= 15 is 0 Å². The molecule has 0 aliphatic carbocycles. The Balaban J connectivity index is 1.43. The van der Waals surface area contributed by atoms with Crippen molar-refractivity contribution in [2.75, 3.05) is 10.6 Å². The molecule has 1 heterocycles. The summed E-state index contributed by atoms with van der Waals surface area (Å²) in [6, 6.07) is 31.0. The molecule has 0 unspecified atom stereocenters. The van der Waals surface area contributed by atoms with Crippen LogP contribution >= 0.6 is 0 Å². The summed E-state index contributed by atoms with van der Waals surface area (Å²) in [6.45, 7) is 0. The molecule has 0 radical (unpaired) electrons. The van der Waals surface area contributed by atoms with Gasteiger partial charge in [0.1, 0.15) is 11.6 Å². The number of anilines is 4. The molecular formula is C29H20FN5O. The van der Waals surface area contributed by atoms with Gasteiger partial charge in [-0.2, -0.15) is 15.0 Å². The molecular weight excluding hydrogens is 453 g/mol. The number of ether oxygens (including phenoxy) is 1. The van der Waals surface area contributed by atoms with E-state index in [2.05, 4.69) is 31.5 Å². The van der Waals surface area contributed by atoms with Crippen LogP contribution in [0.15, 0.2) is 103 Å². The molecule has 0 spiro atoms. The fourth-order valence-electron chi connectivity index (χ4n) is 3.48. The molecule has 5 aromatic rings. The Morgan fingerprint density at radius 1 is 0.667 bits per heavy atom. The lowest BCUT2D eigenvalue weighted by Gasteiger charge is -2.11. The zero-order valence-corrected chi connectivity index (χ0v) is 19.0. The summed E-state index contributed by atoms with van der Waals surface area (Å²) in [5.41, 5.74) is 4.06. The highest BCUT2D eigenvalue weighted by atomic mass is 19.1. The lowest BCUT2D eigenvalue weighted by atomic mass is 10.1. The fourth-order valence-corrected chi connectivity index (χ4v) is 3.48. The predicted octanol–water partition coefficient (Wildman–Crippen LogP) is 6.94. The summed E-state index contributed by atoms with van der Waals surface area (Å²) in [4.78, 5) is 13.2. The number of benzene rings is 4. The highest BCUT2D eigenvalue weighted by molar-refractivity contribution is 5.64. The largest absolute Gasteiger partial charge is 0.424 e. The summed E-state index contributed by atoms with van der Waals surface area (Å²) in [6.07, 6.45) is 5.51. The second-order valence-corrected chi connectivity index (χ2v) is 7.74. The van der Waals surface area contributed by atoms with Crippen LogP contribution < -0.4 is 15.4 Å². The van der Waals surface area contributed by atoms with Gasteiger partial charge in [0.25, 0.3) is 0 Å². The van der Waals surface area contributed by atoms with E-state index in [1.54, 1.807) is 18.2 Å². The third-order valence-corrected chi connectivity index (χ3v) is 5.15. The Labute approximate surface area is 207 Å². The molecule has 7 heteroatoms. The van der Waals surface area contributed by atoms with Gasteiger partial charge < -0.3 is 15.4 Å². The molecule has 174 valence electrons. The second-order valence-electron chi connectivity index (χ2n) is 7.74. The highest BCUT2D eigenvalue weighted by Crippen LogP contribution is 2.26. The van der Waals surface area contributed by atoms with Crippen molar-refractivity contribution in [3.8, 4) is 35.2 Å². The molecule has 0 saturated carbocycles. The van der Waals surface area contributed by atoms with Gasteiger partial charge >= 0.3 is 6.01 Å². The van der Waals surface area contributed by atoms with E-state index in [4.69, 9.17) is 11.2 Å². The van der Waals surface area contributed by atoms with E-state index in [-0.39, 0.29) is 23.7 Å². The molecule has 0 atom stereocenters. The maximum absolute atomic E-state index is 13.7. The van der Waals surface area contributed by atoms with Gasteiger partial charge in [-0.1, -0.05) is 60.5 Å². The van der Waals surface area contributed by atoms with Crippen LogP contribution in [0.2, 0.25) is 0 Å². The molecule has 0 aliphatic rings. The topological polar surface area (TPSA) is 72.0 Å². The summed E-state index contributed by atoms with van der Waals surface area (Å²) < 4.78 is 19.6. The Morgan fingerprint density at radius 2 is 1.31 bits per heavy atom. The van der Waals surface area contributed by atoms with Gasteiger partial charge in [0.05, 0.1) is 0 Å². The molecule has 6 nitrogen and oxygen atoms in total. The summed E-state index contributed by atoms with van der Waals surface area (Å²) in [5, 5.41) is 6.12. The van der Waals surface area contributed by atoms with Crippen molar-refractivity contribution < 1.29 is 9.13 Å². The maximum atomic E-state index is 13.7. The van der Waals surface area contributed by atoms with Crippen LogP contribution in [-0.4, -0.2) is 15.0 Å². The summed E-state index contributed by atoms with van der Waals surface area (Å²) in [7, 11) is 0. The van der Waals surface area contributed by atoms with Crippen LogP contribution in [-0.2, 0) is 0 Å². The lowest BCUT2D eigenvalue weighted by molar-refractivity contribution is 0.441. The molecule has 0 aliphatic heterocycles. The van der Waals surface area contributed by atoms with Crippen molar-refractivity contribution in [1.29, 1.82) is 0 Å². The molecule has 36 heavy (non-hydrogen) atoms. The van der Waals surface area contributed by atoms with E-state index in [0.29, 0.717) is 22.7 Å². The standard InChI is InChI=1S/C29H20FN5O/c1-2-20-8-6-12-24(18-20)31-27-33-28(32-25-13-7-11-23(30)19-25)35-29(34-27)36-26-16-14-22(15-17-26)21-9-4-3-5-10-21/h1,3-19H,(H2,31,32,33,34,35). The minimum atomic E-state index is -0.381. The Kier molecular flexibility index (Phi) is 6.50. The lowest BCUT2D eigenvalue weighted by Crippen LogP contribution is -2.05. The van der Waals surface area contributed by atoms with Crippen molar-refractivity contribution in [2.24, 2.45) is 0 Å². The fraction of sp³-hybridized carbons (Fsp3) is 0. The number of nitrogens with zero attached hydrogens (tertiary/aromatic N) is 3. The van der Waals surface area contributed by atoms with Gasteiger partial charge in [0.15, 0.2) is 0 Å². The first kappa shape index (κ1) is 22.6. The van der Waals surface area contributed by atoms with Crippen molar-refractivity contribution in [2.45, 2.75) is 0 Å². The van der Waals surface area contributed by atoms with Crippen molar-refractivity contribution in [3.63, 3.8) is 0 Å². The molecule has 4 aromatic carbocycles. The van der Waals surface area contributed by atoms with Crippen LogP contribution in [0.4, 0.5) is 27.7 Å². The number of hydrogen-bond acceptors (Lipinski definition) is 6. The number of nitrogens with one attached hydrogen (secondary N) is 2. The van der Waals surface area contributed by atoms with Crippen LogP contribution in [0.1, 0.15) is 5.56 Å². The Bertz CT molecular complexity index is 1530. The molecule has 5 rings (SSSR count). The maximum Gasteiger partial charge on any atom is 0.328 e. The SMILES string of the molecule is C#Cc1cccc(Nc2nc(Nc3cccc(F)c3)nc(Oc3ccc(-c4ccccc4)cc3)n2)c1. The van der Waals surface area contributed by atoms with Crippen LogP contribution in [0.5, 0.6) is 11.8 Å². The normalized spacial score (nSPS) is 10.3. The third-order valence-electron chi connectivity index (χ3n) is 5.15. The number of hydrogen-bond donors (Lipinski definition) is 2. The van der Waals surface area contributed by atoms with Crippen LogP contribution in [0.25, 0.3) is 11.1 Å². The highest BCUT2D eigenvalue weighted by Gasteiger charge is 2.11. The quantitative estimate of drug-likeness (QED) is 0.250. The molecule has 1 aromatic heterocycles. The second kappa shape index (κ2) is 10.4. The molecule has 0 bridgehead atoms. The monoisotopic (exact) mass is 473 g/mol. The minimum Gasteiger partial charge on any atom is -0.424 e. The van der Waals surface area contributed by atoms with Crippen molar-refractivity contribution in [3.05, 3.63) is 115 Å². The zero-order valence-electron chi connectivity index (χ0n) is 19.0. The zero-order chi connectivity index (χ0) is 24.7. The van der Waals surface area contributed by atoms with Crippen LogP contribution in [0, 0.1) is 18.2 Å². The average Bonchev–Trinajstić information content (AvgIpc) is 2.90. The average molecular weight is 474 g/mol. The molecule has 0 amide bonds. The number of rotatable bonds is 7. The number of terminal acetylenes is 1. The first-order chi connectivity index (χ1) is 17.6. The molecule has 2 N–H and O–H groups in total. The first-order valence-electron chi connectivity index (χ1n) is 11.1. The first-order valence-corrected chi connectivity index (χ1v) is 11.1. The van der Waals surface area contributed by atoms with E-state index in [0.717, 1.165) is 11.1 Å². The smallest absolute Gasteiger partial charge is 0.328 e. The molecule has 0 saturated heterocycles. The van der Waals surface area contributed by atoms with Gasteiger partial charge in [0.2, 0.25) is 11.9 Å². The summed E-state index contributed by atoms with van der Waals surface area (Å²) in [5.74, 6) is 3.18. The van der Waals surface area contributed by atoms with E-state index in [1.807, 2.05) is 72.8 Å². The van der Waals surface area contributed by atoms with Gasteiger partial charge in [-0.05, 0) is 59.7 Å². The van der Waals surface area contributed by atoms with Crippen LogP contribution in [0.3, 0.4) is 0 Å². The van der Waals surface area contributed by atoms with E-state index in [1.165, 1.54) is 12.1 Å².